The molecule has 27 heavy (non-hydrogen) atoms. The third-order valence-electron chi connectivity index (χ3n) is 4.73. The number of anilines is 1. The Morgan fingerprint density at radius 3 is 2.70 bits per heavy atom. The molecule has 7 heteroatoms. The molecule has 2 aromatic rings. The maximum atomic E-state index is 12.7. The number of amides is 3. The average molecular weight is 476 g/mol. The molecule has 2 aliphatic rings. The molecule has 1 unspecified atom stereocenters. The van der Waals surface area contributed by atoms with E-state index in [4.69, 9.17) is 4.74 Å². The van der Waals surface area contributed by atoms with Gasteiger partial charge in [0.1, 0.15) is 0 Å². The molecule has 1 N–H and O–H groups in total. The first kappa shape index (κ1) is 18.1. The van der Waals surface area contributed by atoms with Crippen molar-refractivity contribution < 1.29 is 19.1 Å². The van der Waals surface area contributed by atoms with Crippen LogP contribution in [-0.2, 0) is 4.74 Å². The van der Waals surface area contributed by atoms with Crippen LogP contribution < -0.4 is 5.32 Å². The van der Waals surface area contributed by atoms with Gasteiger partial charge in [-0.1, -0.05) is 6.07 Å². The Balaban J connectivity index is 1.54. The first-order chi connectivity index (χ1) is 13.0. The van der Waals surface area contributed by atoms with Gasteiger partial charge in [0.05, 0.1) is 23.8 Å². The highest BCUT2D eigenvalue weighted by Gasteiger charge is 2.37. The molecule has 6 nitrogen and oxygen atoms in total. The first-order valence-electron chi connectivity index (χ1n) is 8.72. The highest BCUT2D eigenvalue weighted by molar-refractivity contribution is 14.1. The number of fused-ring (bicyclic) bond motifs is 1. The lowest BCUT2D eigenvalue weighted by molar-refractivity contribution is 0.0475. The second-order valence-electron chi connectivity index (χ2n) is 6.58. The second kappa shape index (κ2) is 7.40. The van der Waals surface area contributed by atoms with Crippen molar-refractivity contribution in [2.45, 2.75) is 18.9 Å². The van der Waals surface area contributed by atoms with Crippen LogP contribution in [0.1, 0.15) is 43.9 Å². The van der Waals surface area contributed by atoms with Crippen molar-refractivity contribution in [2.75, 3.05) is 18.5 Å². The van der Waals surface area contributed by atoms with Crippen molar-refractivity contribution in [1.29, 1.82) is 0 Å². The van der Waals surface area contributed by atoms with Gasteiger partial charge < -0.3 is 10.1 Å². The van der Waals surface area contributed by atoms with Crippen LogP contribution in [-0.4, -0.2) is 41.9 Å². The summed E-state index contributed by atoms with van der Waals surface area (Å²) in [6.07, 6.45) is 1.68. The molecule has 1 fully saturated rings. The summed E-state index contributed by atoms with van der Waals surface area (Å²) in [5, 5.41) is 2.81. The van der Waals surface area contributed by atoms with Gasteiger partial charge in [0.25, 0.3) is 17.7 Å². The van der Waals surface area contributed by atoms with E-state index < -0.39 is 0 Å². The van der Waals surface area contributed by atoms with E-state index in [9.17, 15) is 14.4 Å². The van der Waals surface area contributed by atoms with Crippen LogP contribution in [0, 0.1) is 3.57 Å². The van der Waals surface area contributed by atoms with E-state index in [0.717, 1.165) is 16.4 Å². The van der Waals surface area contributed by atoms with E-state index >= 15 is 0 Å². The third kappa shape index (κ3) is 3.61. The van der Waals surface area contributed by atoms with Crippen LogP contribution in [0.2, 0.25) is 0 Å². The molecular formula is C20H17IN2O4. The molecule has 138 valence electrons. The molecule has 0 radical (unpaired) electrons. The second-order valence-corrected chi connectivity index (χ2v) is 7.83. The van der Waals surface area contributed by atoms with Crippen molar-refractivity contribution in [1.82, 2.24) is 4.90 Å². The quantitative estimate of drug-likeness (QED) is 0.543. The van der Waals surface area contributed by atoms with Gasteiger partial charge in [0.15, 0.2) is 0 Å². The minimum absolute atomic E-state index is 0.101. The molecule has 0 aliphatic carbocycles. The van der Waals surface area contributed by atoms with Crippen molar-refractivity contribution in [3.8, 4) is 0 Å². The van der Waals surface area contributed by atoms with Gasteiger partial charge in [-0.25, -0.2) is 0 Å². The Bertz CT molecular complexity index is 937. The number of nitrogens with one attached hydrogen (secondary N) is 1. The number of carbonyl (C=O) groups is 3. The molecule has 1 atom stereocenters. The van der Waals surface area contributed by atoms with E-state index in [2.05, 4.69) is 27.9 Å². The smallest absolute Gasteiger partial charge is 0.261 e. The van der Waals surface area contributed by atoms with Crippen molar-refractivity contribution in [3.63, 3.8) is 0 Å². The molecule has 2 aromatic carbocycles. The Kier molecular flexibility index (Phi) is 4.96. The fourth-order valence-electron chi connectivity index (χ4n) is 3.36. The van der Waals surface area contributed by atoms with Gasteiger partial charge >= 0.3 is 0 Å². The Morgan fingerprint density at radius 1 is 1.15 bits per heavy atom. The highest BCUT2D eigenvalue weighted by Crippen LogP contribution is 2.26. The van der Waals surface area contributed by atoms with Crippen LogP contribution in [0.15, 0.2) is 42.5 Å². The lowest BCUT2D eigenvalue weighted by Crippen LogP contribution is -2.36. The molecule has 0 saturated carbocycles. The van der Waals surface area contributed by atoms with Gasteiger partial charge in [-0.15, -0.1) is 0 Å². The largest absolute Gasteiger partial charge is 0.376 e. The zero-order chi connectivity index (χ0) is 19.0. The van der Waals surface area contributed by atoms with Gasteiger partial charge in [-0.2, -0.15) is 0 Å². The van der Waals surface area contributed by atoms with Crippen molar-refractivity contribution >= 4 is 46.0 Å². The molecule has 0 bridgehead atoms. The molecule has 2 heterocycles. The topological polar surface area (TPSA) is 75.7 Å². The number of carbonyl (C=O) groups excluding carboxylic acids is 3. The molecule has 4 rings (SSSR count). The molecule has 2 aliphatic heterocycles. The highest BCUT2D eigenvalue weighted by atomic mass is 127. The summed E-state index contributed by atoms with van der Waals surface area (Å²) < 4.78 is 6.54. The van der Waals surface area contributed by atoms with Gasteiger partial charge in [-0.3, -0.25) is 19.3 Å². The third-order valence-corrected chi connectivity index (χ3v) is 5.40. The monoisotopic (exact) mass is 476 g/mol. The van der Waals surface area contributed by atoms with E-state index in [1.165, 1.54) is 11.0 Å². The van der Waals surface area contributed by atoms with Crippen LogP contribution in [0.5, 0.6) is 0 Å². The fourth-order valence-corrected chi connectivity index (χ4v) is 3.90. The zero-order valence-electron chi connectivity index (χ0n) is 14.4. The molecule has 3 amide bonds. The molecular weight excluding hydrogens is 459 g/mol. The summed E-state index contributed by atoms with van der Waals surface area (Å²) >= 11 is 2.17. The number of ether oxygens (including phenoxy) is 1. The molecule has 0 spiro atoms. The standard InChI is InChI=1S/C20H17IN2O4/c21-13-3-1-4-14(10-13)22-18(24)12-6-7-16-17(9-12)20(26)23(19(16)25)11-15-5-2-8-27-15/h1,3-4,6-7,9-10,15H,2,5,8,11H2,(H,22,24). The van der Waals surface area contributed by atoms with E-state index in [-0.39, 0.29) is 35.9 Å². The summed E-state index contributed by atoms with van der Waals surface area (Å²) in [6.45, 7) is 0.924. The van der Waals surface area contributed by atoms with Crippen molar-refractivity contribution in [3.05, 3.63) is 62.7 Å². The average Bonchev–Trinajstić information content (AvgIpc) is 3.25. The fraction of sp³-hybridized carbons (Fsp3) is 0.250. The molecule has 0 aromatic heterocycles. The normalized spacial score (nSPS) is 18.7. The summed E-state index contributed by atoms with van der Waals surface area (Å²) in [4.78, 5) is 39.0. The first-order valence-corrected chi connectivity index (χ1v) is 9.79. The summed E-state index contributed by atoms with van der Waals surface area (Å²) in [5.41, 5.74) is 1.62. The van der Waals surface area contributed by atoms with Gasteiger partial charge in [0.2, 0.25) is 0 Å². The van der Waals surface area contributed by atoms with Crippen LogP contribution in [0.3, 0.4) is 0 Å². The predicted octanol–water partition coefficient (Wildman–Crippen LogP) is 3.32. The zero-order valence-corrected chi connectivity index (χ0v) is 16.6. The lowest BCUT2D eigenvalue weighted by atomic mass is 10.1. The van der Waals surface area contributed by atoms with Crippen LogP contribution in [0.25, 0.3) is 0 Å². The summed E-state index contributed by atoms with van der Waals surface area (Å²) in [7, 11) is 0. The van der Waals surface area contributed by atoms with Gasteiger partial charge in [-0.05, 0) is 71.8 Å². The number of hydrogen-bond donors (Lipinski definition) is 1. The number of imide groups is 1. The van der Waals surface area contributed by atoms with Crippen LogP contribution in [0.4, 0.5) is 5.69 Å². The predicted molar refractivity (Wildman–Crippen MR) is 108 cm³/mol. The number of rotatable bonds is 4. The molecule has 1 saturated heterocycles. The van der Waals surface area contributed by atoms with Gasteiger partial charge in [0, 0.05) is 21.4 Å². The Hall–Kier alpha value is -2.26. The number of benzene rings is 2. The van der Waals surface area contributed by atoms with E-state index in [1.807, 2.05) is 18.2 Å². The van der Waals surface area contributed by atoms with E-state index in [1.54, 1.807) is 18.2 Å². The maximum Gasteiger partial charge on any atom is 0.261 e. The minimum Gasteiger partial charge on any atom is -0.376 e. The SMILES string of the molecule is O=C(Nc1cccc(I)c1)c1ccc2c(c1)C(=O)N(CC1CCCO1)C2=O. The number of halogens is 1. The summed E-state index contributed by atoms with van der Waals surface area (Å²) in [6, 6.07) is 12.0. The van der Waals surface area contributed by atoms with Crippen molar-refractivity contribution in [2.24, 2.45) is 0 Å². The van der Waals surface area contributed by atoms with E-state index in [0.29, 0.717) is 23.4 Å². The summed E-state index contributed by atoms with van der Waals surface area (Å²) in [5.74, 6) is -1.01. The van der Waals surface area contributed by atoms with Crippen LogP contribution >= 0.6 is 22.6 Å². The Morgan fingerprint density at radius 2 is 1.96 bits per heavy atom. The number of nitrogens with zero attached hydrogens (tertiary/aromatic N) is 1. The Labute approximate surface area is 170 Å². The number of hydrogen-bond acceptors (Lipinski definition) is 4. The lowest BCUT2D eigenvalue weighted by Gasteiger charge is -2.17. The maximum absolute atomic E-state index is 12.7. The minimum atomic E-state index is -0.366.